The van der Waals surface area contributed by atoms with Gasteiger partial charge in [-0.1, -0.05) is 30.3 Å². The number of carbonyl (C=O) groups is 2. The monoisotopic (exact) mass is 426 g/mol. The van der Waals surface area contributed by atoms with Crippen LogP contribution in [0.2, 0.25) is 0 Å². The molecule has 32 heavy (non-hydrogen) atoms. The van der Waals surface area contributed by atoms with E-state index in [4.69, 9.17) is 0 Å². The van der Waals surface area contributed by atoms with Gasteiger partial charge < -0.3 is 10.6 Å². The summed E-state index contributed by atoms with van der Waals surface area (Å²) in [4.78, 5) is 33.5. The Morgan fingerprint density at radius 1 is 0.906 bits per heavy atom. The summed E-state index contributed by atoms with van der Waals surface area (Å²) in [5.41, 5.74) is 4.20. The Bertz CT molecular complexity index is 1220. The lowest BCUT2D eigenvalue weighted by Gasteiger charge is -2.13. The highest BCUT2D eigenvalue weighted by atomic mass is 16.2. The highest BCUT2D eigenvalue weighted by Gasteiger charge is 2.16. The molecule has 0 saturated heterocycles. The molecule has 2 aromatic carbocycles. The largest absolute Gasteiger partial charge is 0.324 e. The molecule has 1 unspecified atom stereocenters. The van der Waals surface area contributed by atoms with Crippen molar-refractivity contribution >= 4 is 23.2 Å². The van der Waals surface area contributed by atoms with Crippen molar-refractivity contribution in [2.75, 3.05) is 10.6 Å². The Kier molecular flexibility index (Phi) is 6.03. The molecule has 8 nitrogen and oxygen atoms in total. The molecule has 4 aromatic rings. The summed E-state index contributed by atoms with van der Waals surface area (Å²) in [6.45, 7) is 3.55. The summed E-state index contributed by atoms with van der Waals surface area (Å²) in [6, 6.07) is 19.9. The molecule has 0 aliphatic rings. The minimum absolute atomic E-state index is 0.215. The van der Waals surface area contributed by atoms with Gasteiger partial charge in [0.25, 0.3) is 5.91 Å². The van der Waals surface area contributed by atoms with Gasteiger partial charge in [-0.05, 0) is 50.2 Å². The zero-order chi connectivity index (χ0) is 22.5. The Labute approximate surface area is 185 Å². The van der Waals surface area contributed by atoms with Crippen LogP contribution in [0.15, 0.2) is 79.4 Å². The Hall–Kier alpha value is -4.33. The second-order valence-corrected chi connectivity index (χ2v) is 7.27. The number of hydrogen-bond acceptors (Lipinski definition) is 5. The predicted octanol–water partition coefficient (Wildman–Crippen LogP) is 4.10. The average Bonchev–Trinajstić information content (AvgIpc) is 3.35. The number of nitrogens with one attached hydrogen (secondary N) is 2. The lowest BCUT2D eigenvalue weighted by atomic mass is 10.1. The molecule has 0 aliphatic heterocycles. The number of hydrogen-bond donors (Lipinski definition) is 2. The molecule has 4 rings (SSSR count). The van der Waals surface area contributed by atoms with Crippen LogP contribution in [-0.2, 0) is 4.79 Å². The first-order chi connectivity index (χ1) is 15.5. The van der Waals surface area contributed by atoms with Crippen LogP contribution in [-0.4, -0.2) is 31.6 Å². The van der Waals surface area contributed by atoms with Gasteiger partial charge >= 0.3 is 0 Å². The van der Waals surface area contributed by atoms with Crippen molar-refractivity contribution in [2.24, 2.45) is 0 Å². The number of nitrogens with zero attached hydrogens (tertiary/aromatic N) is 4. The van der Waals surface area contributed by atoms with Crippen LogP contribution < -0.4 is 10.6 Å². The molecule has 8 heteroatoms. The van der Waals surface area contributed by atoms with E-state index in [-0.39, 0.29) is 11.8 Å². The minimum atomic E-state index is -0.494. The van der Waals surface area contributed by atoms with E-state index in [1.807, 2.05) is 43.3 Å². The Morgan fingerprint density at radius 3 is 2.22 bits per heavy atom. The number of carbonyl (C=O) groups excluding carboxylic acids is 2. The number of aromatic nitrogens is 4. The molecule has 2 amide bonds. The third kappa shape index (κ3) is 4.70. The lowest BCUT2D eigenvalue weighted by Crippen LogP contribution is -2.24. The van der Waals surface area contributed by atoms with E-state index in [0.29, 0.717) is 22.6 Å². The van der Waals surface area contributed by atoms with Crippen LogP contribution in [0.25, 0.3) is 11.3 Å². The SMILES string of the molecule is Cc1nc(-c2ccccc2)ccc1C(=O)Nc1ccc(NC(=O)C(C)n2cncn2)cc1. The lowest BCUT2D eigenvalue weighted by molar-refractivity contribution is -0.119. The summed E-state index contributed by atoms with van der Waals surface area (Å²) in [6.07, 6.45) is 2.87. The molecule has 160 valence electrons. The maximum Gasteiger partial charge on any atom is 0.257 e. The molecule has 2 heterocycles. The van der Waals surface area contributed by atoms with E-state index in [0.717, 1.165) is 11.3 Å². The zero-order valence-corrected chi connectivity index (χ0v) is 17.7. The van der Waals surface area contributed by atoms with E-state index in [9.17, 15) is 9.59 Å². The topological polar surface area (TPSA) is 102 Å². The fourth-order valence-corrected chi connectivity index (χ4v) is 3.19. The van der Waals surface area contributed by atoms with Crippen molar-refractivity contribution in [1.29, 1.82) is 0 Å². The summed E-state index contributed by atoms with van der Waals surface area (Å²) in [5, 5.41) is 9.67. The highest BCUT2D eigenvalue weighted by molar-refractivity contribution is 6.05. The minimum Gasteiger partial charge on any atom is -0.324 e. The molecule has 0 fully saturated rings. The van der Waals surface area contributed by atoms with Gasteiger partial charge in [-0.25, -0.2) is 9.67 Å². The van der Waals surface area contributed by atoms with E-state index in [1.165, 1.54) is 17.3 Å². The predicted molar refractivity (Wildman–Crippen MR) is 122 cm³/mol. The van der Waals surface area contributed by atoms with Gasteiger partial charge in [-0.15, -0.1) is 0 Å². The summed E-state index contributed by atoms with van der Waals surface area (Å²) < 4.78 is 1.48. The van der Waals surface area contributed by atoms with Crippen LogP contribution >= 0.6 is 0 Å². The standard InChI is InChI=1S/C24H22N6O2/c1-16-21(12-13-22(27-16)18-6-4-3-5-7-18)24(32)29-20-10-8-19(9-11-20)28-23(31)17(2)30-15-25-14-26-30/h3-15,17H,1-2H3,(H,28,31)(H,29,32). The molecule has 0 bridgehead atoms. The van der Waals surface area contributed by atoms with Gasteiger partial charge in [0.05, 0.1) is 17.0 Å². The fourth-order valence-electron chi connectivity index (χ4n) is 3.19. The van der Waals surface area contributed by atoms with Gasteiger partial charge in [-0.3, -0.25) is 14.6 Å². The summed E-state index contributed by atoms with van der Waals surface area (Å²) >= 11 is 0. The Morgan fingerprint density at radius 2 is 1.59 bits per heavy atom. The third-order valence-corrected chi connectivity index (χ3v) is 5.02. The van der Waals surface area contributed by atoms with Crippen LogP contribution in [0.1, 0.15) is 29.0 Å². The number of pyridine rings is 1. The van der Waals surface area contributed by atoms with E-state index < -0.39 is 6.04 Å². The van der Waals surface area contributed by atoms with Crippen molar-refractivity contribution in [3.05, 3.63) is 90.6 Å². The van der Waals surface area contributed by atoms with Crippen LogP contribution in [0.3, 0.4) is 0 Å². The number of anilines is 2. The van der Waals surface area contributed by atoms with Gasteiger partial charge in [0, 0.05) is 16.9 Å². The maximum atomic E-state index is 12.7. The Balaban J connectivity index is 1.40. The number of aryl methyl sites for hydroxylation is 1. The third-order valence-electron chi connectivity index (χ3n) is 5.02. The molecule has 0 aliphatic carbocycles. The van der Waals surface area contributed by atoms with E-state index in [2.05, 4.69) is 25.7 Å². The number of benzene rings is 2. The van der Waals surface area contributed by atoms with Crippen LogP contribution in [0, 0.1) is 6.92 Å². The van der Waals surface area contributed by atoms with Crippen molar-refractivity contribution in [3.8, 4) is 11.3 Å². The van der Waals surface area contributed by atoms with E-state index in [1.54, 1.807) is 37.3 Å². The number of rotatable bonds is 6. The van der Waals surface area contributed by atoms with Crippen molar-refractivity contribution in [1.82, 2.24) is 19.7 Å². The van der Waals surface area contributed by atoms with E-state index >= 15 is 0 Å². The van der Waals surface area contributed by atoms with Crippen LogP contribution in [0.4, 0.5) is 11.4 Å². The smallest absolute Gasteiger partial charge is 0.257 e. The summed E-state index contributed by atoms with van der Waals surface area (Å²) in [5.74, 6) is -0.460. The molecule has 1 atom stereocenters. The second-order valence-electron chi connectivity index (χ2n) is 7.27. The molecule has 2 aromatic heterocycles. The first-order valence-electron chi connectivity index (χ1n) is 10.1. The summed E-state index contributed by atoms with van der Waals surface area (Å²) in [7, 11) is 0. The van der Waals surface area contributed by atoms with Crippen molar-refractivity contribution in [3.63, 3.8) is 0 Å². The molecule has 0 spiro atoms. The highest BCUT2D eigenvalue weighted by Crippen LogP contribution is 2.20. The molecular formula is C24H22N6O2. The van der Waals surface area contributed by atoms with Gasteiger partial charge in [0.1, 0.15) is 18.7 Å². The van der Waals surface area contributed by atoms with Gasteiger partial charge in [-0.2, -0.15) is 5.10 Å². The quantitative estimate of drug-likeness (QED) is 0.483. The van der Waals surface area contributed by atoms with Crippen molar-refractivity contribution < 1.29 is 9.59 Å². The first kappa shape index (κ1) is 20.9. The first-order valence-corrected chi connectivity index (χ1v) is 10.1. The molecular weight excluding hydrogens is 404 g/mol. The maximum absolute atomic E-state index is 12.7. The molecule has 0 saturated carbocycles. The van der Waals surface area contributed by atoms with Crippen molar-refractivity contribution in [2.45, 2.75) is 19.9 Å². The second kappa shape index (κ2) is 9.22. The van der Waals surface area contributed by atoms with Crippen LogP contribution in [0.5, 0.6) is 0 Å². The zero-order valence-electron chi connectivity index (χ0n) is 17.7. The average molecular weight is 426 g/mol. The molecule has 0 radical (unpaired) electrons. The normalized spacial score (nSPS) is 11.6. The fraction of sp³-hybridized carbons (Fsp3) is 0.125. The molecule has 2 N–H and O–H groups in total. The van der Waals surface area contributed by atoms with Gasteiger partial charge in [0.2, 0.25) is 5.91 Å². The number of amides is 2. The van der Waals surface area contributed by atoms with Gasteiger partial charge in [0.15, 0.2) is 0 Å².